The Hall–Kier alpha value is -1.44. The third-order valence-corrected chi connectivity index (χ3v) is 6.44. The molecule has 1 aromatic heterocycles. The Morgan fingerprint density at radius 1 is 1.48 bits per heavy atom. The Labute approximate surface area is 156 Å². The van der Waals surface area contributed by atoms with E-state index < -0.39 is 0 Å². The van der Waals surface area contributed by atoms with Crippen molar-refractivity contribution in [3.05, 3.63) is 46.7 Å². The minimum absolute atomic E-state index is 0.0331. The van der Waals surface area contributed by atoms with Crippen LogP contribution in [0.3, 0.4) is 0 Å². The lowest BCUT2D eigenvalue weighted by Gasteiger charge is -2.37. The number of nitrogens with zero attached hydrogens (tertiary/aromatic N) is 3. The topological polar surface area (TPSA) is 36.4 Å². The molecule has 2 aromatic rings. The van der Waals surface area contributed by atoms with Crippen molar-refractivity contribution in [1.82, 2.24) is 14.8 Å². The summed E-state index contributed by atoms with van der Waals surface area (Å²) in [5.74, 6) is -0.199. The van der Waals surface area contributed by atoms with Crippen LogP contribution in [0.25, 0.3) is 0 Å². The second-order valence-corrected chi connectivity index (χ2v) is 8.15. The first kappa shape index (κ1) is 18.4. The van der Waals surface area contributed by atoms with Crippen molar-refractivity contribution in [1.29, 1.82) is 0 Å². The lowest BCUT2D eigenvalue weighted by atomic mass is 10.0. The number of piperidine rings is 1. The summed E-state index contributed by atoms with van der Waals surface area (Å²) in [5, 5.41) is 1.82. The number of rotatable bonds is 5. The molecule has 1 fully saturated rings. The van der Waals surface area contributed by atoms with Crippen molar-refractivity contribution in [3.8, 4) is 0 Å². The number of thioether (sulfide) groups is 1. The zero-order valence-corrected chi connectivity index (χ0v) is 16.1. The molecule has 25 heavy (non-hydrogen) atoms. The molecule has 1 aliphatic heterocycles. The smallest absolute Gasteiger partial charge is 0.273 e. The van der Waals surface area contributed by atoms with Gasteiger partial charge in [0.15, 0.2) is 0 Å². The second-order valence-electron chi connectivity index (χ2n) is 6.24. The summed E-state index contributed by atoms with van der Waals surface area (Å²) in [5.41, 5.74) is 1.23. The van der Waals surface area contributed by atoms with Crippen LogP contribution >= 0.6 is 23.1 Å². The molecule has 1 atom stereocenters. The van der Waals surface area contributed by atoms with E-state index in [1.54, 1.807) is 22.7 Å². The van der Waals surface area contributed by atoms with Crippen LogP contribution in [0.5, 0.6) is 0 Å². The van der Waals surface area contributed by atoms with E-state index in [1.807, 2.05) is 30.8 Å². The van der Waals surface area contributed by atoms with Gasteiger partial charge in [0.05, 0.1) is 0 Å². The molecule has 1 unspecified atom stereocenters. The van der Waals surface area contributed by atoms with Crippen LogP contribution in [0.15, 0.2) is 34.0 Å². The Bertz CT molecular complexity index is 737. The van der Waals surface area contributed by atoms with E-state index in [-0.39, 0.29) is 17.8 Å². The summed E-state index contributed by atoms with van der Waals surface area (Å²) >= 11 is 3.05. The first-order valence-corrected chi connectivity index (χ1v) is 10.4. The molecule has 4 nitrogen and oxygen atoms in total. The van der Waals surface area contributed by atoms with Crippen molar-refractivity contribution in [3.63, 3.8) is 0 Å². The Morgan fingerprint density at radius 3 is 3.00 bits per heavy atom. The molecule has 0 saturated carbocycles. The maximum Gasteiger partial charge on any atom is 0.273 e. The van der Waals surface area contributed by atoms with Gasteiger partial charge in [-0.2, -0.15) is 0 Å². The molecule has 0 aliphatic carbocycles. The number of amides is 1. The number of carbonyl (C=O) groups excluding carboxylic acids is 1. The highest BCUT2D eigenvalue weighted by atomic mass is 32.2. The van der Waals surface area contributed by atoms with Gasteiger partial charge in [0.2, 0.25) is 0 Å². The fraction of sp³-hybridized carbons (Fsp3) is 0.444. The summed E-state index contributed by atoms with van der Waals surface area (Å²) in [6, 6.07) is 7.03. The number of carbonyl (C=O) groups is 1. The quantitative estimate of drug-likeness (QED) is 0.742. The molecule has 2 heterocycles. The minimum atomic E-state index is -0.166. The summed E-state index contributed by atoms with van der Waals surface area (Å²) in [6.45, 7) is 2.27. The van der Waals surface area contributed by atoms with E-state index in [0.29, 0.717) is 17.8 Å². The van der Waals surface area contributed by atoms with Crippen LogP contribution in [0.2, 0.25) is 0 Å². The molecule has 134 valence electrons. The van der Waals surface area contributed by atoms with Gasteiger partial charge >= 0.3 is 0 Å². The third kappa shape index (κ3) is 4.40. The number of halogens is 1. The SMILES string of the molecule is CSc1nc(C(=O)N(C)C2CCCN(Cc3ccccc3F)C2)cs1. The molecule has 0 spiro atoms. The van der Waals surface area contributed by atoms with E-state index in [9.17, 15) is 9.18 Å². The van der Waals surface area contributed by atoms with E-state index in [1.165, 1.54) is 17.4 Å². The van der Waals surface area contributed by atoms with Crippen molar-refractivity contribution in [2.45, 2.75) is 29.8 Å². The van der Waals surface area contributed by atoms with Gasteiger partial charge < -0.3 is 4.90 Å². The molecule has 1 saturated heterocycles. The molecule has 1 aliphatic rings. The lowest BCUT2D eigenvalue weighted by molar-refractivity contribution is 0.0602. The van der Waals surface area contributed by atoms with Gasteiger partial charge in [0, 0.05) is 37.1 Å². The van der Waals surface area contributed by atoms with Crippen LogP contribution in [0, 0.1) is 5.82 Å². The largest absolute Gasteiger partial charge is 0.336 e. The van der Waals surface area contributed by atoms with Crippen LogP contribution < -0.4 is 0 Å². The van der Waals surface area contributed by atoms with Crippen molar-refractivity contribution >= 4 is 29.0 Å². The van der Waals surface area contributed by atoms with E-state index >= 15 is 0 Å². The Morgan fingerprint density at radius 2 is 2.28 bits per heavy atom. The first-order chi connectivity index (χ1) is 12.1. The van der Waals surface area contributed by atoms with Crippen LogP contribution in [-0.4, -0.2) is 53.1 Å². The second kappa shape index (κ2) is 8.29. The molecular formula is C18H22FN3OS2. The number of aromatic nitrogens is 1. The van der Waals surface area contributed by atoms with Gasteiger partial charge in [-0.1, -0.05) is 30.0 Å². The molecular weight excluding hydrogens is 357 g/mol. The summed E-state index contributed by atoms with van der Waals surface area (Å²) in [6.07, 6.45) is 3.93. The number of likely N-dealkylation sites (N-methyl/N-ethyl adjacent to an activating group) is 1. The van der Waals surface area contributed by atoms with Crippen LogP contribution in [0.4, 0.5) is 4.39 Å². The number of hydrogen-bond acceptors (Lipinski definition) is 5. The predicted octanol–water partition coefficient (Wildman–Crippen LogP) is 3.74. The molecule has 1 amide bonds. The monoisotopic (exact) mass is 379 g/mol. The van der Waals surface area contributed by atoms with Gasteiger partial charge in [-0.05, 0) is 31.7 Å². The molecule has 7 heteroatoms. The van der Waals surface area contributed by atoms with E-state index in [2.05, 4.69) is 9.88 Å². The molecule has 0 N–H and O–H groups in total. The Kier molecular flexibility index (Phi) is 6.09. The average Bonchev–Trinajstić information content (AvgIpc) is 3.12. The molecule has 1 aromatic carbocycles. The van der Waals surface area contributed by atoms with Crippen molar-refractivity contribution in [2.75, 3.05) is 26.4 Å². The standard InChI is InChI=1S/C18H22FN3OS2/c1-21(17(23)16-12-25-18(20-16)24-2)14-7-5-9-22(11-14)10-13-6-3-4-8-15(13)19/h3-4,6,8,12,14H,5,7,9-11H2,1-2H3. The maximum atomic E-state index is 13.9. The number of thiazole rings is 1. The first-order valence-electron chi connectivity index (χ1n) is 8.31. The normalized spacial score (nSPS) is 18.3. The zero-order valence-electron chi connectivity index (χ0n) is 14.4. The van der Waals surface area contributed by atoms with E-state index in [0.717, 1.165) is 30.3 Å². The van der Waals surface area contributed by atoms with Gasteiger partial charge in [0.1, 0.15) is 15.9 Å². The highest BCUT2D eigenvalue weighted by molar-refractivity contribution is 8.00. The Balaban J connectivity index is 1.64. The van der Waals surface area contributed by atoms with Gasteiger partial charge in [-0.15, -0.1) is 11.3 Å². The van der Waals surface area contributed by atoms with Gasteiger partial charge in [-0.25, -0.2) is 9.37 Å². The van der Waals surface area contributed by atoms with Gasteiger partial charge in [-0.3, -0.25) is 9.69 Å². The summed E-state index contributed by atoms with van der Waals surface area (Å²) < 4.78 is 14.8. The molecule has 3 rings (SSSR count). The lowest BCUT2D eigenvalue weighted by Crippen LogP contribution is -2.48. The average molecular weight is 380 g/mol. The molecule has 0 bridgehead atoms. The minimum Gasteiger partial charge on any atom is -0.336 e. The maximum absolute atomic E-state index is 13.9. The number of likely N-dealkylation sites (tertiary alicyclic amines) is 1. The highest BCUT2D eigenvalue weighted by Crippen LogP contribution is 2.23. The fourth-order valence-electron chi connectivity index (χ4n) is 3.15. The highest BCUT2D eigenvalue weighted by Gasteiger charge is 2.28. The van der Waals surface area contributed by atoms with Crippen LogP contribution in [-0.2, 0) is 6.54 Å². The fourth-order valence-corrected chi connectivity index (χ4v) is 4.39. The summed E-state index contributed by atoms with van der Waals surface area (Å²) in [4.78, 5) is 21.1. The number of benzene rings is 1. The van der Waals surface area contributed by atoms with Crippen molar-refractivity contribution in [2.24, 2.45) is 0 Å². The third-order valence-electron chi connectivity index (χ3n) is 4.58. The number of hydrogen-bond donors (Lipinski definition) is 0. The van der Waals surface area contributed by atoms with Crippen LogP contribution in [0.1, 0.15) is 28.9 Å². The predicted molar refractivity (Wildman–Crippen MR) is 101 cm³/mol. The summed E-state index contributed by atoms with van der Waals surface area (Å²) in [7, 11) is 1.84. The van der Waals surface area contributed by atoms with Crippen molar-refractivity contribution < 1.29 is 9.18 Å². The van der Waals surface area contributed by atoms with Gasteiger partial charge in [0.25, 0.3) is 5.91 Å². The zero-order chi connectivity index (χ0) is 17.8. The van der Waals surface area contributed by atoms with E-state index in [4.69, 9.17) is 0 Å². The molecule has 0 radical (unpaired) electrons.